The average molecular weight is 617 g/mol. The molecule has 2 N–H and O–H groups in total. The van der Waals surface area contributed by atoms with E-state index in [1.54, 1.807) is 19.1 Å². The number of hydrogen-bond acceptors (Lipinski definition) is 5. The van der Waals surface area contributed by atoms with Crippen LogP contribution in [0.4, 0.5) is 45.6 Å². The molecule has 2 rings (SSSR count). The van der Waals surface area contributed by atoms with E-state index < -0.39 is 55.2 Å². The molecular formula is C26H28F8N2O6. The molecule has 2 aromatic carbocycles. The molecule has 1 atom stereocenters. The Kier molecular flexibility index (Phi) is 12.3. The van der Waals surface area contributed by atoms with Gasteiger partial charge in [0.05, 0.1) is 18.7 Å². The van der Waals surface area contributed by atoms with Crippen molar-refractivity contribution in [1.82, 2.24) is 4.90 Å². The lowest BCUT2D eigenvalue weighted by molar-refractivity contribution is -0.391. The highest BCUT2D eigenvalue weighted by molar-refractivity contribution is 5.89. The van der Waals surface area contributed by atoms with Gasteiger partial charge in [0.15, 0.2) is 6.10 Å². The van der Waals surface area contributed by atoms with Crippen LogP contribution in [-0.4, -0.2) is 73.3 Å². The number of carbonyl (C=O) groups is 2. The minimum Gasteiger partial charge on any atom is -0.492 e. The Bertz CT molecular complexity index is 1140. The molecule has 0 spiro atoms. The third-order valence-corrected chi connectivity index (χ3v) is 5.55. The zero-order chi connectivity index (χ0) is 31.6. The van der Waals surface area contributed by atoms with E-state index in [4.69, 9.17) is 9.47 Å². The number of amides is 2. The number of benzene rings is 2. The minimum absolute atomic E-state index is 0.0268. The number of carboxylic acids is 1. The van der Waals surface area contributed by atoms with Gasteiger partial charge in [0.25, 0.3) is 0 Å². The number of nitrogens with one attached hydrogen (secondary N) is 1. The topological polar surface area (TPSA) is 97.3 Å². The molecule has 0 radical (unpaired) electrons. The van der Waals surface area contributed by atoms with Crippen LogP contribution < -0.4 is 10.1 Å². The van der Waals surface area contributed by atoms with E-state index in [9.17, 15) is 49.8 Å². The fourth-order valence-electron chi connectivity index (χ4n) is 3.43. The number of alkyl halides is 8. The van der Waals surface area contributed by atoms with E-state index in [-0.39, 0.29) is 38.4 Å². The summed E-state index contributed by atoms with van der Waals surface area (Å²) in [5.41, 5.74) is -0.353. The first-order chi connectivity index (χ1) is 19.5. The molecule has 234 valence electrons. The number of carbonyl (C=O) groups excluding carboxylic acids is 1. The van der Waals surface area contributed by atoms with E-state index in [0.717, 1.165) is 29.2 Å². The first-order valence-corrected chi connectivity index (χ1v) is 12.4. The fourth-order valence-corrected chi connectivity index (χ4v) is 3.43. The van der Waals surface area contributed by atoms with Gasteiger partial charge in [0, 0.05) is 25.3 Å². The molecule has 16 heteroatoms. The summed E-state index contributed by atoms with van der Waals surface area (Å²) in [5, 5.41) is 11.5. The summed E-state index contributed by atoms with van der Waals surface area (Å²) in [6, 6.07) is 8.80. The van der Waals surface area contributed by atoms with Gasteiger partial charge in [0.2, 0.25) is 0 Å². The number of rotatable bonds is 15. The second-order valence-electron chi connectivity index (χ2n) is 8.69. The van der Waals surface area contributed by atoms with Crippen molar-refractivity contribution >= 4 is 17.7 Å². The Labute approximate surface area is 235 Å². The third-order valence-electron chi connectivity index (χ3n) is 5.55. The van der Waals surface area contributed by atoms with Crippen LogP contribution in [0.1, 0.15) is 24.5 Å². The molecule has 0 aliphatic rings. The lowest BCUT2D eigenvalue weighted by Gasteiger charge is -2.24. The Morgan fingerprint density at radius 1 is 0.905 bits per heavy atom. The van der Waals surface area contributed by atoms with Crippen LogP contribution in [0.5, 0.6) is 5.75 Å². The zero-order valence-electron chi connectivity index (χ0n) is 22.1. The van der Waals surface area contributed by atoms with Crippen molar-refractivity contribution in [3.05, 3.63) is 59.7 Å². The molecule has 2 amide bonds. The molecule has 42 heavy (non-hydrogen) atoms. The van der Waals surface area contributed by atoms with Gasteiger partial charge in [-0.15, -0.1) is 0 Å². The number of hydrogen-bond donors (Lipinski definition) is 2. The molecule has 0 fully saturated rings. The summed E-state index contributed by atoms with van der Waals surface area (Å²) in [6.07, 6.45) is -17.3. The number of urea groups is 1. The highest BCUT2D eigenvalue weighted by Gasteiger charge is 2.59. The summed E-state index contributed by atoms with van der Waals surface area (Å²) in [5.74, 6) is -0.808. The van der Waals surface area contributed by atoms with Gasteiger partial charge in [-0.2, -0.15) is 35.1 Å². The van der Waals surface area contributed by atoms with Crippen LogP contribution in [-0.2, 0) is 26.9 Å². The van der Waals surface area contributed by atoms with E-state index in [0.29, 0.717) is 11.3 Å². The minimum atomic E-state index is -5.92. The van der Waals surface area contributed by atoms with Crippen molar-refractivity contribution in [2.75, 3.05) is 38.2 Å². The Hall–Kier alpha value is -3.66. The standard InChI is InChI=1S/C26H28F8N2O6/c1-2-40-21(22(37)38)16-17-4-10-20(11-5-17)41-15-13-36(12-3-14-42-26(33,34)25(30,31)32)23(39)35-19-8-6-18(7-9-19)24(27,28)29/h4-11,21H,2-3,12-16H2,1H3,(H,35,39)(H,37,38). The second-order valence-corrected chi connectivity index (χ2v) is 8.69. The van der Waals surface area contributed by atoms with Crippen molar-refractivity contribution < 1.29 is 64.0 Å². The monoisotopic (exact) mass is 616 g/mol. The Balaban J connectivity index is 2.01. The lowest BCUT2D eigenvalue weighted by atomic mass is 10.1. The summed E-state index contributed by atoms with van der Waals surface area (Å²) < 4.78 is 116. The highest BCUT2D eigenvalue weighted by Crippen LogP contribution is 2.36. The molecule has 0 saturated heterocycles. The first-order valence-electron chi connectivity index (χ1n) is 12.4. The summed E-state index contributed by atoms with van der Waals surface area (Å²) in [6.45, 7) is 0.0722. The van der Waals surface area contributed by atoms with Crippen LogP contribution in [0.2, 0.25) is 0 Å². The van der Waals surface area contributed by atoms with Crippen LogP contribution in [0.3, 0.4) is 0 Å². The van der Waals surface area contributed by atoms with Gasteiger partial charge in [-0.3, -0.25) is 0 Å². The Morgan fingerprint density at radius 3 is 2.05 bits per heavy atom. The number of nitrogens with zero attached hydrogens (tertiary/aromatic N) is 1. The maximum Gasteiger partial charge on any atom is 0.482 e. The first kappa shape index (κ1) is 34.5. The van der Waals surface area contributed by atoms with Crippen LogP contribution >= 0.6 is 0 Å². The molecule has 0 bridgehead atoms. The zero-order valence-corrected chi connectivity index (χ0v) is 22.1. The molecule has 0 saturated carbocycles. The van der Waals surface area contributed by atoms with Crippen LogP contribution in [0.15, 0.2) is 48.5 Å². The lowest BCUT2D eigenvalue weighted by Crippen LogP contribution is -2.41. The Morgan fingerprint density at radius 2 is 1.52 bits per heavy atom. The molecule has 0 aromatic heterocycles. The van der Waals surface area contributed by atoms with Crippen LogP contribution in [0, 0.1) is 0 Å². The summed E-state index contributed by atoms with van der Waals surface area (Å²) in [4.78, 5) is 25.0. The van der Waals surface area contributed by atoms with E-state index in [1.165, 1.54) is 12.1 Å². The van der Waals surface area contributed by atoms with Gasteiger partial charge >= 0.3 is 30.5 Å². The molecule has 1 unspecified atom stereocenters. The molecule has 2 aromatic rings. The average Bonchev–Trinajstić information content (AvgIpc) is 2.89. The maximum atomic E-state index is 13.0. The van der Waals surface area contributed by atoms with E-state index in [1.807, 2.05) is 0 Å². The van der Waals surface area contributed by atoms with Gasteiger partial charge in [0.1, 0.15) is 12.4 Å². The highest BCUT2D eigenvalue weighted by atomic mass is 19.4. The quantitative estimate of drug-likeness (QED) is 0.183. The smallest absolute Gasteiger partial charge is 0.482 e. The number of ether oxygens (including phenoxy) is 3. The van der Waals surface area contributed by atoms with Crippen molar-refractivity contribution in [1.29, 1.82) is 0 Å². The van der Waals surface area contributed by atoms with Crippen molar-refractivity contribution in [2.45, 2.75) is 44.3 Å². The fraction of sp³-hybridized carbons (Fsp3) is 0.462. The number of anilines is 1. The van der Waals surface area contributed by atoms with Gasteiger partial charge in [-0.25, -0.2) is 9.59 Å². The molecule has 8 nitrogen and oxygen atoms in total. The van der Waals surface area contributed by atoms with Gasteiger partial charge in [-0.05, 0) is 55.3 Å². The van der Waals surface area contributed by atoms with Crippen molar-refractivity contribution in [3.63, 3.8) is 0 Å². The van der Waals surface area contributed by atoms with Crippen molar-refractivity contribution in [2.24, 2.45) is 0 Å². The molecule has 0 heterocycles. The third kappa shape index (κ3) is 11.0. The van der Waals surface area contributed by atoms with E-state index in [2.05, 4.69) is 10.1 Å². The summed E-state index contributed by atoms with van der Waals surface area (Å²) >= 11 is 0. The number of aliphatic carboxylic acids is 1. The molecular weight excluding hydrogens is 588 g/mol. The molecule has 0 aliphatic carbocycles. The predicted octanol–water partition coefficient (Wildman–Crippen LogP) is 6.21. The SMILES string of the molecule is CCOC(Cc1ccc(OCCN(CCCOC(F)(F)C(F)(F)F)C(=O)Nc2ccc(C(F)(F)F)cc2)cc1)C(=O)O. The predicted molar refractivity (Wildman–Crippen MR) is 132 cm³/mol. The number of carboxylic acid groups (broad SMARTS) is 1. The van der Waals surface area contributed by atoms with Gasteiger partial charge in [-0.1, -0.05) is 12.1 Å². The second kappa shape index (κ2) is 15.0. The van der Waals surface area contributed by atoms with Crippen molar-refractivity contribution in [3.8, 4) is 5.75 Å². The maximum absolute atomic E-state index is 13.0. The summed E-state index contributed by atoms with van der Waals surface area (Å²) in [7, 11) is 0. The largest absolute Gasteiger partial charge is 0.492 e. The van der Waals surface area contributed by atoms with Crippen LogP contribution in [0.25, 0.3) is 0 Å². The van der Waals surface area contributed by atoms with E-state index >= 15 is 0 Å². The normalized spacial score (nSPS) is 13.0. The van der Waals surface area contributed by atoms with Gasteiger partial charge < -0.3 is 29.5 Å². The number of halogens is 8. The molecule has 0 aliphatic heterocycles.